The maximum Gasteiger partial charge on any atom is 0.261 e. The summed E-state index contributed by atoms with van der Waals surface area (Å²) in [6.45, 7) is 2.90. The quantitative estimate of drug-likeness (QED) is 0.541. The molecule has 0 saturated heterocycles. The SMILES string of the molecule is CCCNc1ccc(S(=O)(=O)Nc2ccc(Cl)c3c(Cl)c[nH]c23)cc1. The van der Waals surface area contributed by atoms with E-state index in [2.05, 4.69) is 21.9 Å². The first-order valence-corrected chi connectivity index (χ1v) is 9.98. The first-order valence-electron chi connectivity index (χ1n) is 7.74. The second-order valence-corrected chi connectivity index (χ2v) is 8.04. The lowest BCUT2D eigenvalue weighted by Gasteiger charge is -2.11. The van der Waals surface area contributed by atoms with Crippen molar-refractivity contribution >= 4 is 55.5 Å². The Morgan fingerprint density at radius 2 is 1.76 bits per heavy atom. The molecular formula is C17H17Cl2N3O2S. The molecule has 0 unspecified atom stereocenters. The summed E-state index contributed by atoms with van der Waals surface area (Å²) < 4.78 is 27.9. The standard InChI is InChI=1S/C17H17Cl2N3O2S/c1-2-9-20-11-3-5-12(6-4-11)25(23,24)22-15-8-7-13(18)16-14(19)10-21-17(15)16/h3-8,10,20-22H,2,9H2,1H3. The van der Waals surface area contributed by atoms with Gasteiger partial charge in [-0.15, -0.1) is 0 Å². The third-order valence-electron chi connectivity index (χ3n) is 3.72. The van der Waals surface area contributed by atoms with Gasteiger partial charge in [-0.25, -0.2) is 8.42 Å². The monoisotopic (exact) mass is 397 g/mol. The van der Waals surface area contributed by atoms with Gasteiger partial charge < -0.3 is 10.3 Å². The van der Waals surface area contributed by atoms with Crippen LogP contribution in [-0.4, -0.2) is 19.9 Å². The van der Waals surface area contributed by atoms with Gasteiger partial charge in [-0.05, 0) is 42.8 Å². The minimum atomic E-state index is -3.73. The zero-order chi connectivity index (χ0) is 18.0. The number of aromatic amines is 1. The second kappa shape index (κ2) is 7.15. The van der Waals surface area contributed by atoms with E-state index in [-0.39, 0.29) is 4.90 Å². The molecule has 0 radical (unpaired) electrons. The van der Waals surface area contributed by atoms with Gasteiger partial charge in [-0.1, -0.05) is 30.1 Å². The summed E-state index contributed by atoms with van der Waals surface area (Å²) in [6, 6.07) is 9.83. The highest BCUT2D eigenvalue weighted by Gasteiger charge is 2.18. The van der Waals surface area contributed by atoms with Crippen LogP contribution in [0.2, 0.25) is 10.0 Å². The molecular weight excluding hydrogens is 381 g/mol. The molecule has 0 aliphatic carbocycles. The van der Waals surface area contributed by atoms with E-state index in [1.807, 2.05) is 0 Å². The fraction of sp³-hybridized carbons (Fsp3) is 0.176. The zero-order valence-electron chi connectivity index (χ0n) is 13.4. The Balaban J connectivity index is 1.90. The average molecular weight is 398 g/mol. The number of sulfonamides is 1. The lowest BCUT2D eigenvalue weighted by atomic mass is 10.2. The average Bonchev–Trinajstić information content (AvgIpc) is 2.99. The van der Waals surface area contributed by atoms with Crippen LogP contribution in [0.15, 0.2) is 47.5 Å². The van der Waals surface area contributed by atoms with Gasteiger partial charge >= 0.3 is 0 Å². The van der Waals surface area contributed by atoms with E-state index < -0.39 is 10.0 Å². The lowest BCUT2D eigenvalue weighted by Crippen LogP contribution is -2.13. The first-order chi connectivity index (χ1) is 11.9. The van der Waals surface area contributed by atoms with Crippen molar-refractivity contribution in [2.24, 2.45) is 0 Å². The van der Waals surface area contributed by atoms with Crippen LogP contribution in [0.25, 0.3) is 10.9 Å². The summed E-state index contributed by atoms with van der Waals surface area (Å²) in [6.07, 6.45) is 2.57. The van der Waals surface area contributed by atoms with Crippen molar-refractivity contribution in [3.05, 3.63) is 52.6 Å². The molecule has 0 spiro atoms. The van der Waals surface area contributed by atoms with E-state index in [9.17, 15) is 8.42 Å². The van der Waals surface area contributed by atoms with Gasteiger partial charge in [0.2, 0.25) is 0 Å². The number of hydrogen-bond acceptors (Lipinski definition) is 3. The fourth-order valence-corrected chi connectivity index (χ4v) is 4.11. The highest BCUT2D eigenvalue weighted by atomic mass is 35.5. The number of halogens is 2. The summed E-state index contributed by atoms with van der Waals surface area (Å²) in [5.74, 6) is 0. The Morgan fingerprint density at radius 3 is 2.44 bits per heavy atom. The first kappa shape index (κ1) is 17.9. The minimum absolute atomic E-state index is 0.176. The van der Waals surface area contributed by atoms with Crippen molar-refractivity contribution < 1.29 is 8.42 Å². The van der Waals surface area contributed by atoms with Crippen LogP contribution in [0, 0.1) is 0 Å². The normalized spacial score (nSPS) is 11.6. The number of H-pyrrole nitrogens is 1. The molecule has 2 aromatic carbocycles. The molecule has 5 nitrogen and oxygen atoms in total. The van der Waals surface area contributed by atoms with Crippen molar-refractivity contribution in [3.8, 4) is 0 Å². The van der Waals surface area contributed by atoms with Crippen molar-refractivity contribution in [3.63, 3.8) is 0 Å². The second-order valence-electron chi connectivity index (χ2n) is 5.54. The Morgan fingerprint density at radius 1 is 1.04 bits per heavy atom. The Bertz CT molecular complexity index is 999. The molecule has 25 heavy (non-hydrogen) atoms. The lowest BCUT2D eigenvalue weighted by molar-refractivity contribution is 0.601. The number of hydrogen-bond donors (Lipinski definition) is 3. The Hall–Kier alpha value is -1.89. The molecule has 3 aromatic rings. The molecule has 1 heterocycles. The van der Waals surface area contributed by atoms with Crippen LogP contribution in [0.4, 0.5) is 11.4 Å². The number of aromatic nitrogens is 1. The van der Waals surface area contributed by atoms with E-state index in [4.69, 9.17) is 23.2 Å². The van der Waals surface area contributed by atoms with E-state index in [0.29, 0.717) is 26.6 Å². The summed E-state index contributed by atoms with van der Waals surface area (Å²) in [5.41, 5.74) is 1.81. The number of rotatable bonds is 6. The van der Waals surface area contributed by atoms with E-state index in [1.54, 1.807) is 42.6 Å². The van der Waals surface area contributed by atoms with Crippen LogP contribution in [0.3, 0.4) is 0 Å². The van der Waals surface area contributed by atoms with Crippen LogP contribution in [-0.2, 0) is 10.0 Å². The molecule has 132 valence electrons. The highest BCUT2D eigenvalue weighted by molar-refractivity contribution is 7.92. The smallest absolute Gasteiger partial charge is 0.261 e. The third kappa shape index (κ3) is 3.71. The minimum Gasteiger partial charge on any atom is -0.385 e. The number of nitrogens with one attached hydrogen (secondary N) is 3. The maximum atomic E-state index is 12.7. The molecule has 8 heteroatoms. The van der Waals surface area contributed by atoms with Crippen LogP contribution >= 0.6 is 23.2 Å². The molecule has 1 aromatic heterocycles. The van der Waals surface area contributed by atoms with E-state index in [1.165, 1.54) is 0 Å². The summed E-state index contributed by atoms with van der Waals surface area (Å²) in [4.78, 5) is 3.13. The molecule has 0 bridgehead atoms. The van der Waals surface area contributed by atoms with Crippen molar-refractivity contribution in [2.45, 2.75) is 18.2 Å². The Labute approximate surface area is 156 Å². The highest BCUT2D eigenvalue weighted by Crippen LogP contribution is 2.35. The van der Waals surface area contributed by atoms with Crippen LogP contribution in [0.1, 0.15) is 13.3 Å². The van der Waals surface area contributed by atoms with E-state index >= 15 is 0 Å². The van der Waals surface area contributed by atoms with Crippen LogP contribution < -0.4 is 10.0 Å². The topological polar surface area (TPSA) is 74.0 Å². The number of benzene rings is 2. The molecule has 0 amide bonds. The third-order valence-corrected chi connectivity index (χ3v) is 5.72. The van der Waals surface area contributed by atoms with E-state index in [0.717, 1.165) is 18.7 Å². The number of anilines is 2. The molecule has 3 rings (SSSR count). The predicted molar refractivity (Wildman–Crippen MR) is 104 cm³/mol. The molecule has 0 aliphatic rings. The summed E-state index contributed by atoms with van der Waals surface area (Å²) >= 11 is 12.2. The molecule has 0 atom stereocenters. The maximum absolute atomic E-state index is 12.7. The van der Waals surface area contributed by atoms with Gasteiger partial charge in [0, 0.05) is 23.8 Å². The fourth-order valence-electron chi connectivity index (χ4n) is 2.48. The molecule has 0 aliphatic heterocycles. The Kier molecular flexibility index (Phi) is 5.13. The van der Waals surface area contributed by atoms with Gasteiger partial charge in [-0.2, -0.15) is 0 Å². The predicted octanol–water partition coefficient (Wildman–Crippen LogP) is 5.10. The largest absolute Gasteiger partial charge is 0.385 e. The summed E-state index contributed by atoms with van der Waals surface area (Å²) in [7, 11) is -3.73. The van der Waals surface area contributed by atoms with Gasteiger partial charge in [0.05, 0.1) is 26.1 Å². The molecule has 3 N–H and O–H groups in total. The van der Waals surface area contributed by atoms with Crippen molar-refractivity contribution in [1.29, 1.82) is 0 Å². The van der Waals surface area contributed by atoms with Crippen molar-refractivity contribution in [1.82, 2.24) is 4.98 Å². The van der Waals surface area contributed by atoms with Gasteiger partial charge in [0.25, 0.3) is 10.0 Å². The van der Waals surface area contributed by atoms with Crippen LogP contribution in [0.5, 0.6) is 0 Å². The summed E-state index contributed by atoms with van der Waals surface area (Å²) in [5, 5.41) is 4.68. The van der Waals surface area contributed by atoms with Gasteiger partial charge in [0.1, 0.15) is 0 Å². The van der Waals surface area contributed by atoms with Gasteiger partial charge in [0.15, 0.2) is 0 Å². The zero-order valence-corrected chi connectivity index (χ0v) is 15.8. The van der Waals surface area contributed by atoms with Gasteiger partial charge in [-0.3, -0.25) is 4.72 Å². The van der Waals surface area contributed by atoms with Crippen molar-refractivity contribution in [2.75, 3.05) is 16.6 Å². The molecule has 0 fully saturated rings. The molecule has 0 saturated carbocycles. The number of fused-ring (bicyclic) bond motifs is 1.